The predicted molar refractivity (Wildman–Crippen MR) is 127 cm³/mol. The second-order valence-corrected chi connectivity index (χ2v) is 9.97. The highest BCUT2D eigenvalue weighted by molar-refractivity contribution is 7.89. The average Bonchev–Trinajstić information content (AvgIpc) is 3.31. The van der Waals surface area contributed by atoms with Crippen molar-refractivity contribution in [3.05, 3.63) is 71.3 Å². The minimum atomic E-state index is -3.92. The summed E-state index contributed by atoms with van der Waals surface area (Å²) >= 11 is 0. The van der Waals surface area contributed by atoms with Gasteiger partial charge >= 0.3 is 0 Å². The van der Waals surface area contributed by atoms with Crippen molar-refractivity contribution in [1.82, 2.24) is 14.9 Å². The Morgan fingerprint density at radius 2 is 1.79 bits per heavy atom. The van der Waals surface area contributed by atoms with E-state index in [0.29, 0.717) is 18.4 Å². The van der Waals surface area contributed by atoms with Crippen LogP contribution in [0.3, 0.4) is 0 Å². The number of amidine groups is 1. The Morgan fingerprint density at radius 3 is 2.44 bits per heavy atom. The maximum atomic E-state index is 12.7. The van der Waals surface area contributed by atoms with Crippen LogP contribution in [-0.2, 0) is 32.6 Å². The molecule has 2 aromatic carbocycles. The van der Waals surface area contributed by atoms with Gasteiger partial charge in [0.05, 0.1) is 5.75 Å². The van der Waals surface area contributed by atoms with Gasteiger partial charge in [0.25, 0.3) is 5.91 Å². The zero-order chi connectivity index (χ0) is 24.7. The van der Waals surface area contributed by atoms with Crippen molar-refractivity contribution < 1.29 is 23.1 Å². The fraction of sp³-hybridized carbons (Fsp3) is 0.348. The summed E-state index contributed by atoms with van der Waals surface area (Å²) in [6, 6.07) is 15.0. The van der Waals surface area contributed by atoms with Gasteiger partial charge in [-0.3, -0.25) is 15.0 Å². The number of amides is 2. The number of likely N-dealkylation sites (tertiary alicyclic amines) is 1. The number of carbonyl (C=O) groups is 2. The number of nitrogens with two attached hydrogens (primary N) is 1. The molecular formula is C23H29N5O5S. The van der Waals surface area contributed by atoms with Crippen LogP contribution in [0.4, 0.5) is 0 Å². The molecule has 6 N–H and O–H groups in total. The first-order chi connectivity index (χ1) is 16.2. The molecule has 0 saturated carbocycles. The van der Waals surface area contributed by atoms with E-state index < -0.39 is 28.2 Å². The maximum absolute atomic E-state index is 12.7. The molecule has 0 aromatic heterocycles. The summed E-state index contributed by atoms with van der Waals surface area (Å²) in [5.41, 5.74) is 7.62. The van der Waals surface area contributed by atoms with Gasteiger partial charge in [0, 0.05) is 18.7 Å². The molecule has 0 radical (unpaired) electrons. The Balaban J connectivity index is 1.53. The topological polar surface area (TPSA) is 166 Å². The maximum Gasteiger partial charge on any atom is 0.268 e. The number of hydrogen-bond acceptors (Lipinski definition) is 6. The van der Waals surface area contributed by atoms with E-state index in [1.54, 1.807) is 48.5 Å². The van der Waals surface area contributed by atoms with Gasteiger partial charge in [0.15, 0.2) is 6.23 Å². The first-order valence-corrected chi connectivity index (χ1v) is 12.5. The second-order valence-electron chi connectivity index (χ2n) is 8.09. The lowest BCUT2D eigenvalue weighted by molar-refractivity contribution is -0.145. The van der Waals surface area contributed by atoms with E-state index >= 15 is 0 Å². The van der Waals surface area contributed by atoms with Gasteiger partial charge in [0.1, 0.15) is 11.9 Å². The van der Waals surface area contributed by atoms with E-state index in [0.717, 1.165) is 11.1 Å². The van der Waals surface area contributed by atoms with E-state index in [4.69, 9.17) is 11.1 Å². The number of nitrogens with one attached hydrogen (secondary N) is 3. The quantitative estimate of drug-likeness (QED) is 0.181. The molecule has 11 heteroatoms. The first-order valence-electron chi connectivity index (χ1n) is 10.9. The number of nitrogens with zero attached hydrogens (tertiary/aromatic N) is 1. The minimum Gasteiger partial charge on any atom is -0.384 e. The molecule has 2 amide bonds. The van der Waals surface area contributed by atoms with E-state index in [1.807, 2.05) is 10.8 Å². The SMILES string of the molecule is N=C(N)c1ccc(CNC(=O)C2CCCN2C(=O)[C@@H](O)NS(=O)(=O)CCc2ccccc2)cc1. The molecule has 0 spiro atoms. The summed E-state index contributed by atoms with van der Waals surface area (Å²) in [7, 11) is -3.92. The van der Waals surface area contributed by atoms with Crippen LogP contribution in [0, 0.1) is 5.41 Å². The molecule has 1 fully saturated rings. The number of sulfonamides is 1. The summed E-state index contributed by atoms with van der Waals surface area (Å²) in [6.45, 7) is 0.456. The molecule has 1 aliphatic rings. The Hall–Kier alpha value is -3.28. The van der Waals surface area contributed by atoms with Crippen LogP contribution in [-0.4, -0.2) is 60.6 Å². The fourth-order valence-electron chi connectivity index (χ4n) is 3.75. The third kappa shape index (κ3) is 6.86. The highest BCUT2D eigenvalue weighted by atomic mass is 32.2. The largest absolute Gasteiger partial charge is 0.384 e. The highest BCUT2D eigenvalue weighted by Crippen LogP contribution is 2.19. The average molecular weight is 488 g/mol. The highest BCUT2D eigenvalue weighted by Gasteiger charge is 2.37. The molecule has 1 aliphatic heterocycles. The van der Waals surface area contributed by atoms with Crippen LogP contribution in [0.1, 0.15) is 29.5 Å². The van der Waals surface area contributed by atoms with Crippen molar-refractivity contribution in [3.8, 4) is 0 Å². The third-order valence-corrected chi connectivity index (χ3v) is 6.92. The molecule has 3 rings (SSSR count). The van der Waals surface area contributed by atoms with Crippen molar-refractivity contribution >= 4 is 27.7 Å². The molecule has 2 atom stereocenters. The molecule has 1 unspecified atom stereocenters. The molecule has 34 heavy (non-hydrogen) atoms. The standard InChI is InChI=1S/C23H29N5O5S/c24-20(25)18-10-8-17(9-11-18)15-26-21(29)19-7-4-13-28(19)23(31)22(30)27-34(32,33)14-12-16-5-2-1-3-6-16/h1-3,5-6,8-11,19,22,27,30H,4,7,12-15H2,(H3,24,25)(H,26,29)/t19?,22-/m1/s1. The minimum absolute atomic E-state index is 0.0510. The summed E-state index contributed by atoms with van der Waals surface area (Å²) in [5, 5.41) is 20.4. The summed E-state index contributed by atoms with van der Waals surface area (Å²) < 4.78 is 26.7. The van der Waals surface area contributed by atoms with Crippen LogP contribution in [0.5, 0.6) is 0 Å². The third-order valence-electron chi connectivity index (χ3n) is 5.60. The Kier molecular flexibility index (Phi) is 8.37. The lowest BCUT2D eigenvalue weighted by Crippen LogP contribution is -2.53. The Bertz CT molecular complexity index is 1120. The van der Waals surface area contributed by atoms with Crippen LogP contribution < -0.4 is 15.8 Å². The monoisotopic (exact) mass is 487 g/mol. The van der Waals surface area contributed by atoms with Crippen LogP contribution in [0.2, 0.25) is 0 Å². The van der Waals surface area contributed by atoms with Crippen molar-refractivity contribution in [3.63, 3.8) is 0 Å². The number of benzene rings is 2. The van der Waals surface area contributed by atoms with Gasteiger partial charge in [-0.05, 0) is 30.4 Å². The lowest BCUT2D eigenvalue weighted by atomic mass is 10.1. The van der Waals surface area contributed by atoms with E-state index in [2.05, 4.69) is 5.32 Å². The molecule has 2 aromatic rings. The molecule has 10 nitrogen and oxygen atoms in total. The number of hydrogen-bond donors (Lipinski definition) is 5. The van der Waals surface area contributed by atoms with Gasteiger partial charge < -0.3 is 21.1 Å². The smallest absolute Gasteiger partial charge is 0.268 e. The van der Waals surface area contributed by atoms with Crippen LogP contribution in [0.15, 0.2) is 54.6 Å². The first kappa shape index (κ1) is 25.3. The number of nitrogen functional groups attached to an aromatic ring is 1. The molecule has 182 valence electrons. The summed E-state index contributed by atoms with van der Waals surface area (Å²) in [6.07, 6.45) is -0.758. The normalized spacial score (nSPS) is 16.7. The Morgan fingerprint density at radius 1 is 1.12 bits per heavy atom. The van der Waals surface area contributed by atoms with Crippen molar-refractivity contribution in [2.24, 2.45) is 5.73 Å². The molecule has 0 bridgehead atoms. The number of aliphatic hydroxyl groups is 1. The van der Waals surface area contributed by atoms with E-state index in [-0.39, 0.29) is 37.0 Å². The number of aryl methyl sites for hydroxylation is 1. The summed E-state index contributed by atoms with van der Waals surface area (Å²) in [5.74, 6) is -1.58. The molecule has 1 saturated heterocycles. The molecule has 1 heterocycles. The van der Waals surface area contributed by atoms with Gasteiger partial charge in [-0.1, -0.05) is 54.6 Å². The van der Waals surface area contributed by atoms with Gasteiger partial charge in [0.2, 0.25) is 15.9 Å². The molecular weight excluding hydrogens is 458 g/mol. The van der Waals surface area contributed by atoms with Crippen LogP contribution in [0.25, 0.3) is 0 Å². The molecule has 0 aliphatic carbocycles. The number of rotatable bonds is 10. The van der Waals surface area contributed by atoms with Gasteiger partial charge in [-0.15, -0.1) is 0 Å². The van der Waals surface area contributed by atoms with Crippen LogP contribution >= 0.6 is 0 Å². The van der Waals surface area contributed by atoms with E-state index in [9.17, 15) is 23.1 Å². The number of aliphatic hydroxyl groups excluding tert-OH is 1. The number of carbonyl (C=O) groups excluding carboxylic acids is 2. The second kappa shape index (κ2) is 11.2. The summed E-state index contributed by atoms with van der Waals surface area (Å²) in [4.78, 5) is 26.6. The van der Waals surface area contributed by atoms with Gasteiger partial charge in [-0.2, -0.15) is 4.72 Å². The zero-order valence-corrected chi connectivity index (χ0v) is 19.4. The zero-order valence-electron chi connectivity index (χ0n) is 18.6. The van der Waals surface area contributed by atoms with Crippen molar-refractivity contribution in [1.29, 1.82) is 5.41 Å². The fourth-order valence-corrected chi connectivity index (χ4v) is 4.81. The lowest BCUT2D eigenvalue weighted by Gasteiger charge is -2.26. The Labute approximate surface area is 198 Å². The van der Waals surface area contributed by atoms with E-state index in [1.165, 1.54) is 4.90 Å². The van der Waals surface area contributed by atoms with Gasteiger partial charge in [-0.25, -0.2) is 8.42 Å². The van der Waals surface area contributed by atoms with Crippen molar-refractivity contribution in [2.75, 3.05) is 12.3 Å². The predicted octanol–water partition coefficient (Wildman–Crippen LogP) is 0.0584. The van der Waals surface area contributed by atoms with Crippen molar-refractivity contribution in [2.45, 2.75) is 38.1 Å².